The minimum absolute atomic E-state index is 0.0741. The molecule has 0 aliphatic carbocycles. The molecule has 2 aromatic carbocycles. The lowest BCUT2D eigenvalue weighted by Gasteiger charge is -2.06. The summed E-state index contributed by atoms with van der Waals surface area (Å²) in [6, 6.07) is 18.4. The number of rotatable bonds is 4. The van der Waals surface area contributed by atoms with Gasteiger partial charge < -0.3 is 5.32 Å². The Morgan fingerprint density at radius 1 is 0.952 bits per heavy atom. The van der Waals surface area contributed by atoms with E-state index in [2.05, 4.69) is 43.4 Å². The molecule has 0 heterocycles. The highest BCUT2D eigenvalue weighted by Crippen LogP contribution is 2.05. The third-order valence-electron chi connectivity index (χ3n) is 2.60. The molecule has 2 N–H and O–H groups in total. The van der Waals surface area contributed by atoms with Crippen LogP contribution in [0.15, 0.2) is 65.6 Å². The Morgan fingerprint density at radius 3 is 1.81 bits per heavy atom. The van der Waals surface area contributed by atoms with E-state index in [0.717, 1.165) is 6.54 Å². The van der Waals surface area contributed by atoms with Crippen LogP contribution in [0.5, 0.6) is 0 Å². The van der Waals surface area contributed by atoms with Gasteiger partial charge in [-0.15, -0.1) is 0 Å². The molecule has 0 atom stereocenters. The fourth-order valence-electron chi connectivity index (χ4n) is 1.51. The summed E-state index contributed by atoms with van der Waals surface area (Å²) in [5.41, 5.74) is 1.35. The van der Waals surface area contributed by atoms with Gasteiger partial charge in [0.2, 0.25) is 0 Å². The standard InChI is InChI=1S/C10H15N.C6H6O3S/c1-9(2)11-8-10-6-4-3-5-7-10;7-10(8,9)6-4-2-1-3-5-6/h3-7,9,11H,8H2,1-2H3;1-5H,(H,7,8,9). The highest BCUT2D eigenvalue weighted by molar-refractivity contribution is 7.85. The molecule has 0 saturated carbocycles. The van der Waals surface area contributed by atoms with Crippen molar-refractivity contribution in [3.8, 4) is 0 Å². The summed E-state index contributed by atoms with van der Waals surface area (Å²) in [6.45, 7) is 5.28. The molecule has 0 saturated heterocycles. The van der Waals surface area contributed by atoms with E-state index in [9.17, 15) is 8.42 Å². The second kappa shape index (κ2) is 8.56. The van der Waals surface area contributed by atoms with Crippen LogP contribution in [0.2, 0.25) is 0 Å². The first kappa shape index (κ1) is 17.4. The maximum Gasteiger partial charge on any atom is 0.294 e. The van der Waals surface area contributed by atoms with Gasteiger partial charge in [0.25, 0.3) is 10.1 Å². The van der Waals surface area contributed by atoms with Gasteiger partial charge >= 0.3 is 0 Å². The predicted octanol–water partition coefficient (Wildman–Crippen LogP) is 3.12. The summed E-state index contributed by atoms with van der Waals surface area (Å²) in [6.07, 6.45) is 0. The smallest absolute Gasteiger partial charge is 0.294 e. The average Bonchev–Trinajstić information content (AvgIpc) is 2.47. The van der Waals surface area contributed by atoms with Crippen molar-refractivity contribution in [2.45, 2.75) is 31.3 Å². The molecule has 2 rings (SSSR count). The number of nitrogens with one attached hydrogen (secondary N) is 1. The molecule has 0 fully saturated rings. The third kappa shape index (κ3) is 7.60. The van der Waals surface area contributed by atoms with E-state index in [-0.39, 0.29) is 4.90 Å². The largest absolute Gasteiger partial charge is 0.310 e. The van der Waals surface area contributed by atoms with Crippen LogP contribution in [0.1, 0.15) is 19.4 Å². The summed E-state index contributed by atoms with van der Waals surface area (Å²) < 4.78 is 29.2. The van der Waals surface area contributed by atoms with Crippen LogP contribution in [-0.2, 0) is 16.7 Å². The Morgan fingerprint density at radius 2 is 1.43 bits per heavy atom. The van der Waals surface area contributed by atoms with Crippen molar-refractivity contribution < 1.29 is 13.0 Å². The predicted molar refractivity (Wildman–Crippen MR) is 84.7 cm³/mol. The molecule has 0 aromatic heterocycles. The van der Waals surface area contributed by atoms with E-state index in [1.807, 2.05) is 6.07 Å². The minimum atomic E-state index is -4.00. The summed E-state index contributed by atoms with van der Waals surface area (Å²) in [4.78, 5) is -0.0741. The highest BCUT2D eigenvalue weighted by Gasteiger charge is 2.05. The first-order valence-electron chi connectivity index (χ1n) is 6.69. The topological polar surface area (TPSA) is 66.4 Å². The van der Waals surface area contributed by atoms with Gasteiger partial charge in [0.05, 0.1) is 4.90 Å². The van der Waals surface area contributed by atoms with Crippen molar-refractivity contribution in [3.63, 3.8) is 0 Å². The van der Waals surface area contributed by atoms with Crippen molar-refractivity contribution in [1.29, 1.82) is 0 Å². The molecule has 0 unspecified atom stereocenters. The van der Waals surface area contributed by atoms with E-state index in [1.165, 1.54) is 17.7 Å². The molecule has 0 aliphatic rings. The molecule has 0 radical (unpaired) electrons. The van der Waals surface area contributed by atoms with Crippen LogP contribution >= 0.6 is 0 Å². The van der Waals surface area contributed by atoms with E-state index >= 15 is 0 Å². The molecule has 0 bridgehead atoms. The van der Waals surface area contributed by atoms with Crippen molar-refractivity contribution in [1.82, 2.24) is 5.32 Å². The Labute approximate surface area is 126 Å². The second-order valence-electron chi connectivity index (χ2n) is 4.81. The quantitative estimate of drug-likeness (QED) is 0.852. The van der Waals surface area contributed by atoms with Gasteiger partial charge in [0.15, 0.2) is 0 Å². The first-order valence-corrected chi connectivity index (χ1v) is 8.13. The molecular formula is C16H21NO3S. The molecule has 0 aliphatic heterocycles. The zero-order chi connectivity index (χ0) is 15.7. The fraction of sp³-hybridized carbons (Fsp3) is 0.250. The Kier molecular flexibility index (Phi) is 7.08. The Balaban J connectivity index is 0.000000211. The normalized spacial score (nSPS) is 10.9. The van der Waals surface area contributed by atoms with E-state index in [0.29, 0.717) is 6.04 Å². The monoisotopic (exact) mass is 307 g/mol. The molecule has 2 aromatic rings. The lowest BCUT2D eigenvalue weighted by molar-refractivity contribution is 0.483. The first-order chi connectivity index (χ1) is 9.89. The lowest BCUT2D eigenvalue weighted by Crippen LogP contribution is -2.21. The minimum Gasteiger partial charge on any atom is -0.310 e. The van der Waals surface area contributed by atoms with Gasteiger partial charge in [0, 0.05) is 12.6 Å². The van der Waals surface area contributed by atoms with Crippen molar-refractivity contribution in [2.75, 3.05) is 0 Å². The number of hydrogen-bond acceptors (Lipinski definition) is 3. The van der Waals surface area contributed by atoms with Gasteiger partial charge in [-0.2, -0.15) is 8.42 Å². The van der Waals surface area contributed by atoms with Crippen molar-refractivity contribution >= 4 is 10.1 Å². The van der Waals surface area contributed by atoms with E-state index in [1.54, 1.807) is 18.2 Å². The molecular weight excluding hydrogens is 286 g/mol. The van der Waals surface area contributed by atoms with Crippen molar-refractivity contribution in [2.24, 2.45) is 0 Å². The number of hydrogen-bond donors (Lipinski definition) is 2. The maximum absolute atomic E-state index is 10.4. The zero-order valence-electron chi connectivity index (χ0n) is 12.2. The third-order valence-corrected chi connectivity index (χ3v) is 3.47. The maximum atomic E-state index is 10.4. The van der Waals surface area contributed by atoms with Gasteiger partial charge in [-0.05, 0) is 17.7 Å². The summed E-state index contributed by atoms with van der Waals surface area (Å²) in [7, 11) is -4.00. The summed E-state index contributed by atoms with van der Waals surface area (Å²) in [5, 5.41) is 3.36. The molecule has 114 valence electrons. The average molecular weight is 307 g/mol. The molecule has 21 heavy (non-hydrogen) atoms. The summed E-state index contributed by atoms with van der Waals surface area (Å²) >= 11 is 0. The van der Waals surface area contributed by atoms with E-state index in [4.69, 9.17) is 4.55 Å². The highest BCUT2D eigenvalue weighted by atomic mass is 32.2. The van der Waals surface area contributed by atoms with Crippen LogP contribution in [0, 0.1) is 0 Å². The Hall–Kier alpha value is -1.69. The molecule has 0 amide bonds. The summed E-state index contributed by atoms with van der Waals surface area (Å²) in [5.74, 6) is 0. The zero-order valence-corrected chi connectivity index (χ0v) is 13.0. The molecule has 4 nitrogen and oxygen atoms in total. The van der Waals surface area contributed by atoms with Gasteiger partial charge in [-0.1, -0.05) is 62.4 Å². The molecule has 5 heteroatoms. The van der Waals surface area contributed by atoms with Crippen LogP contribution in [0.3, 0.4) is 0 Å². The Bertz CT molecular complexity index is 610. The van der Waals surface area contributed by atoms with Gasteiger partial charge in [-0.3, -0.25) is 4.55 Å². The van der Waals surface area contributed by atoms with Crippen LogP contribution in [-0.4, -0.2) is 19.0 Å². The van der Waals surface area contributed by atoms with Gasteiger partial charge in [0.1, 0.15) is 0 Å². The second-order valence-corrected chi connectivity index (χ2v) is 6.23. The molecule has 0 spiro atoms. The van der Waals surface area contributed by atoms with Crippen LogP contribution in [0.4, 0.5) is 0 Å². The van der Waals surface area contributed by atoms with Crippen LogP contribution in [0.25, 0.3) is 0 Å². The lowest BCUT2D eigenvalue weighted by atomic mass is 10.2. The van der Waals surface area contributed by atoms with Crippen molar-refractivity contribution in [3.05, 3.63) is 66.2 Å². The fourth-order valence-corrected chi connectivity index (χ4v) is 2.01. The SMILES string of the molecule is CC(C)NCc1ccccc1.O=S(=O)(O)c1ccccc1. The van der Waals surface area contributed by atoms with Crippen LogP contribution < -0.4 is 5.32 Å². The number of benzene rings is 2. The van der Waals surface area contributed by atoms with E-state index < -0.39 is 10.1 Å². The van der Waals surface area contributed by atoms with Gasteiger partial charge in [-0.25, -0.2) is 0 Å².